The summed E-state index contributed by atoms with van der Waals surface area (Å²) < 4.78 is 0. The lowest BCUT2D eigenvalue weighted by Crippen LogP contribution is -2.38. The molecule has 1 saturated heterocycles. The molecule has 1 aromatic rings. The van der Waals surface area contributed by atoms with Gasteiger partial charge in [0.2, 0.25) is 0 Å². The topological polar surface area (TPSA) is 32.3 Å². The van der Waals surface area contributed by atoms with E-state index in [0.29, 0.717) is 5.02 Å². The third kappa shape index (κ3) is 2.89. The Morgan fingerprint density at radius 2 is 1.75 bits per heavy atom. The summed E-state index contributed by atoms with van der Waals surface area (Å²) in [6.45, 7) is 1.72. The first kappa shape index (κ1) is 11.3. The molecule has 0 spiro atoms. The van der Waals surface area contributed by atoms with Crippen LogP contribution in [0.4, 0.5) is 10.5 Å². The first-order valence-corrected chi connectivity index (χ1v) is 5.95. The highest BCUT2D eigenvalue weighted by atomic mass is 35.5. The summed E-state index contributed by atoms with van der Waals surface area (Å²) in [4.78, 5) is 13.7. The van der Waals surface area contributed by atoms with Gasteiger partial charge < -0.3 is 10.2 Å². The second-order valence-corrected chi connectivity index (χ2v) is 4.42. The number of urea groups is 1. The van der Waals surface area contributed by atoms with Crippen molar-refractivity contribution in [3.05, 3.63) is 29.3 Å². The number of amides is 2. The molecule has 0 radical (unpaired) electrons. The van der Waals surface area contributed by atoms with Crippen LogP contribution < -0.4 is 5.32 Å². The summed E-state index contributed by atoms with van der Waals surface area (Å²) in [5.74, 6) is 0. The second kappa shape index (κ2) is 5.21. The van der Waals surface area contributed by atoms with Gasteiger partial charge in [-0.3, -0.25) is 0 Å². The molecular formula is C12H15ClN2O. The van der Waals surface area contributed by atoms with Gasteiger partial charge in [-0.05, 0) is 43.5 Å². The smallest absolute Gasteiger partial charge is 0.321 e. The molecule has 1 aromatic carbocycles. The molecule has 0 bridgehead atoms. The Morgan fingerprint density at radius 3 is 2.38 bits per heavy atom. The van der Waals surface area contributed by atoms with Crippen LogP contribution >= 0.6 is 11.6 Å². The van der Waals surface area contributed by atoms with Gasteiger partial charge in [0, 0.05) is 23.8 Å². The van der Waals surface area contributed by atoms with E-state index in [0.717, 1.165) is 31.6 Å². The van der Waals surface area contributed by atoms with E-state index in [1.807, 2.05) is 17.0 Å². The van der Waals surface area contributed by atoms with Gasteiger partial charge in [0.05, 0.1) is 0 Å². The summed E-state index contributed by atoms with van der Waals surface area (Å²) in [7, 11) is 0. The van der Waals surface area contributed by atoms with Crippen molar-refractivity contribution in [3.8, 4) is 0 Å². The van der Waals surface area contributed by atoms with Crippen LogP contribution in [0.15, 0.2) is 24.3 Å². The predicted molar refractivity (Wildman–Crippen MR) is 65.9 cm³/mol. The minimum atomic E-state index is -0.0120. The van der Waals surface area contributed by atoms with E-state index in [1.165, 1.54) is 6.42 Å². The van der Waals surface area contributed by atoms with E-state index >= 15 is 0 Å². The first-order chi connectivity index (χ1) is 7.75. The molecule has 2 rings (SSSR count). The molecular weight excluding hydrogens is 224 g/mol. The number of carbonyl (C=O) groups excluding carboxylic acids is 1. The second-order valence-electron chi connectivity index (χ2n) is 3.98. The number of hydrogen-bond donors (Lipinski definition) is 1. The first-order valence-electron chi connectivity index (χ1n) is 5.57. The fourth-order valence-corrected chi connectivity index (χ4v) is 1.96. The van der Waals surface area contributed by atoms with Crippen LogP contribution in [0.2, 0.25) is 5.02 Å². The molecule has 2 amide bonds. The van der Waals surface area contributed by atoms with Crippen LogP contribution in [0, 0.1) is 0 Å². The fourth-order valence-electron chi connectivity index (χ4n) is 1.83. The quantitative estimate of drug-likeness (QED) is 0.800. The summed E-state index contributed by atoms with van der Waals surface area (Å²) in [6.07, 6.45) is 3.44. The lowest BCUT2D eigenvalue weighted by Gasteiger charge is -2.26. The van der Waals surface area contributed by atoms with Crippen molar-refractivity contribution in [2.45, 2.75) is 19.3 Å². The number of halogens is 1. The molecule has 0 aromatic heterocycles. The zero-order valence-corrected chi connectivity index (χ0v) is 9.83. The zero-order chi connectivity index (χ0) is 11.4. The Balaban J connectivity index is 1.93. The molecule has 1 heterocycles. The third-order valence-corrected chi connectivity index (χ3v) is 2.99. The van der Waals surface area contributed by atoms with E-state index < -0.39 is 0 Å². The number of anilines is 1. The molecule has 0 saturated carbocycles. The number of nitrogens with one attached hydrogen (secondary N) is 1. The Morgan fingerprint density at radius 1 is 1.12 bits per heavy atom. The van der Waals surface area contributed by atoms with Gasteiger partial charge in [0.25, 0.3) is 0 Å². The maximum Gasteiger partial charge on any atom is 0.321 e. The normalized spacial score (nSPS) is 15.9. The largest absolute Gasteiger partial charge is 0.325 e. The molecule has 0 atom stereocenters. The highest BCUT2D eigenvalue weighted by molar-refractivity contribution is 6.30. The van der Waals surface area contributed by atoms with Crippen LogP contribution in [0.25, 0.3) is 0 Å². The van der Waals surface area contributed by atoms with E-state index in [-0.39, 0.29) is 6.03 Å². The average molecular weight is 239 g/mol. The number of piperidine rings is 1. The van der Waals surface area contributed by atoms with Gasteiger partial charge in [-0.15, -0.1) is 0 Å². The standard InChI is InChI=1S/C12H15ClN2O/c13-10-4-6-11(7-5-10)14-12(16)15-8-2-1-3-9-15/h4-7H,1-3,8-9H2,(H,14,16). The molecule has 0 unspecified atom stereocenters. The number of benzene rings is 1. The molecule has 1 aliphatic rings. The maximum absolute atomic E-state index is 11.8. The zero-order valence-electron chi connectivity index (χ0n) is 9.08. The van der Waals surface area contributed by atoms with E-state index in [4.69, 9.17) is 11.6 Å². The predicted octanol–water partition coefficient (Wildman–Crippen LogP) is 3.36. The van der Waals surface area contributed by atoms with Crippen molar-refractivity contribution in [2.75, 3.05) is 18.4 Å². The van der Waals surface area contributed by atoms with E-state index in [9.17, 15) is 4.79 Å². The van der Waals surface area contributed by atoms with Gasteiger partial charge in [-0.1, -0.05) is 11.6 Å². The Kier molecular flexibility index (Phi) is 3.67. The lowest BCUT2D eigenvalue weighted by molar-refractivity contribution is 0.200. The average Bonchev–Trinajstić information content (AvgIpc) is 2.33. The number of carbonyl (C=O) groups is 1. The monoisotopic (exact) mass is 238 g/mol. The molecule has 3 nitrogen and oxygen atoms in total. The third-order valence-electron chi connectivity index (χ3n) is 2.74. The molecule has 86 valence electrons. The van der Waals surface area contributed by atoms with Gasteiger partial charge in [-0.25, -0.2) is 4.79 Å². The Bertz CT molecular complexity index is 358. The summed E-state index contributed by atoms with van der Waals surface area (Å²) >= 11 is 5.77. The van der Waals surface area contributed by atoms with Gasteiger partial charge in [0.15, 0.2) is 0 Å². The van der Waals surface area contributed by atoms with Gasteiger partial charge >= 0.3 is 6.03 Å². The summed E-state index contributed by atoms with van der Waals surface area (Å²) in [6, 6.07) is 7.15. The van der Waals surface area contributed by atoms with Crippen molar-refractivity contribution in [3.63, 3.8) is 0 Å². The molecule has 1 N–H and O–H groups in total. The Labute approximate surface area is 100 Å². The molecule has 1 aliphatic heterocycles. The fraction of sp³-hybridized carbons (Fsp3) is 0.417. The lowest BCUT2D eigenvalue weighted by atomic mass is 10.1. The van der Waals surface area contributed by atoms with Crippen molar-refractivity contribution >= 4 is 23.3 Å². The number of likely N-dealkylation sites (tertiary alicyclic amines) is 1. The van der Waals surface area contributed by atoms with Crippen LogP contribution in [0.5, 0.6) is 0 Å². The number of nitrogens with zero attached hydrogens (tertiary/aromatic N) is 1. The molecule has 4 heteroatoms. The van der Waals surface area contributed by atoms with Crippen molar-refractivity contribution < 1.29 is 4.79 Å². The van der Waals surface area contributed by atoms with Gasteiger partial charge in [-0.2, -0.15) is 0 Å². The molecule has 16 heavy (non-hydrogen) atoms. The Hall–Kier alpha value is -1.22. The minimum absolute atomic E-state index is 0.0120. The molecule has 1 fully saturated rings. The summed E-state index contributed by atoms with van der Waals surface area (Å²) in [5, 5.41) is 3.54. The maximum atomic E-state index is 11.8. The van der Waals surface area contributed by atoms with E-state index in [1.54, 1.807) is 12.1 Å². The van der Waals surface area contributed by atoms with Crippen molar-refractivity contribution in [1.29, 1.82) is 0 Å². The number of rotatable bonds is 1. The van der Waals surface area contributed by atoms with Crippen molar-refractivity contribution in [1.82, 2.24) is 4.90 Å². The van der Waals surface area contributed by atoms with Crippen LogP contribution in [-0.4, -0.2) is 24.0 Å². The van der Waals surface area contributed by atoms with Crippen LogP contribution in [-0.2, 0) is 0 Å². The van der Waals surface area contributed by atoms with E-state index in [2.05, 4.69) is 5.32 Å². The van der Waals surface area contributed by atoms with Crippen molar-refractivity contribution in [2.24, 2.45) is 0 Å². The highest BCUT2D eigenvalue weighted by Crippen LogP contribution is 2.15. The number of hydrogen-bond acceptors (Lipinski definition) is 1. The highest BCUT2D eigenvalue weighted by Gasteiger charge is 2.15. The summed E-state index contributed by atoms with van der Waals surface area (Å²) in [5.41, 5.74) is 0.792. The minimum Gasteiger partial charge on any atom is -0.325 e. The molecule has 0 aliphatic carbocycles. The van der Waals surface area contributed by atoms with Crippen LogP contribution in [0.1, 0.15) is 19.3 Å². The van der Waals surface area contributed by atoms with Crippen LogP contribution in [0.3, 0.4) is 0 Å². The SMILES string of the molecule is O=C(Nc1ccc(Cl)cc1)N1CCCCC1. The van der Waals surface area contributed by atoms with Gasteiger partial charge in [0.1, 0.15) is 0 Å².